The highest BCUT2D eigenvalue weighted by Gasteiger charge is 2.31. The highest BCUT2D eigenvalue weighted by atomic mass is 35.5. The van der Waals surface area contributed by atoms with Crippen molar-refractivity contribution >= 4 is 29.0 Å². The first-order chi connectivity index (χ1) is 8.58. The maximum atomic E-state index is 6.11. The SMILES string of the molecule is Cn1nc(C2CC2)c(-c2ccc(Cl)c(Cl)c2)c1N. The molecule has 0 saturated heterocycles. The van der Waals surface area contributed by atoms with Gasteiger partial charge in [-0.3, -0.25) is 4.68 Å². The second-order valence-corrected chi connectivity index (χ2v) is 5.49. The van der Waals surface area contributed by atoms with Crippen molar-refractivity contribution in [1.29, 1.82) is 0 Å². The molecule has 1 aliphatic rings. The number of hydrogen-bond acceptors (Lipinski definition) is 2. The van der Waals surface area contributed by atoms with Crippen LogP contribution in [0.5, 0.6) is 0 Å². The summed E-state index contributed by atoms with van der Waals surface area (Å²) in [7, 11) is 1.86. The van der Waals surface area contributed by atoms with Crippen LogP contribution in [0.3, 0.4) is 0 Å². The van der Waals surface area contributed by atoms with Gasteiger partial charge in [0.15, 0.2) is 0 Å². The smallest absolute Gasteiger partial charge is 0.129 e. The molecular weight excluding hydrogens is 269 g/mol. The molecule has 0 unspecified atom stereocenters. The van der Waals surface area contributed by atoms with E-state index in [1.165, 1.54) is 12.8 Å². The topological polar surface area (TPSA) is 43.8 Å². The summed E-state index contributed by atoms with van der Waals surface area (Å²) < 4.78 is 1.73. The zero-order chi connectivity index (χ0) is 12.9. The fourth-order valence-corrected chi connectivity index (χ4v) is 2.45. The van der Waals surface area contributed by atoms with Gasteiger partial charge in [-0.05, 0) is 30.5 Å². The Morgan fingerprint density at radius 2 is 2.00 bits per heavy atom. The molecule has 3 rings (SSSR count). The lowest BCUT2D eigenvalue weighted by atomic mass is 10.0. The first-order valence-corrected chi connectivity index (χ1v) is 6.61. The normalized spacial score (nSPS) is 15.1. The molecule has 18 heavy (non-hydrogen) atoms. The molecular formula is C13H13Cl2N3. The van der Waals surface area contributed by atoms with Crippen LogP contribution >= 0.6 is 23.2 Å². The molecule has 0 radical (unpaired) electrons. The fourth-order valence-electron chi connectivity index (χ4n) is 2.15. The van der Waals surface area contributed by atoms with E-state index >= 15 is 0 Å². The van der Waals surface area contributed by atoms with Crippen LogP contribution in [0.1, 0.15) is 24.5 Å². The molecule has 0 amide bonds. The lowest BCUT2D eigenvalue weighted by Gasteiger charge is -2.05. The molecule has 1 aromatic heterocycles. The van der Waals surface area contributed by atoms with Crippen molar-refractivity contribution in [3.63, 3.8) is 0 Å². The second-order valence-electron chi connectivity index (χ2n) is 4.67. The average molecular weight is 282 g/mol. The van der Waals surface area contributed by atoms with E-state index in [0.29, 0.717) is 21.8 Å². The van der Waals surface area contributed by atoms with E-state index in [1.807, 2.05) is 19.2 Å². The summed E-state index contributed by atoms with van der Waals surface area (Å²) in [6.07, 6.45) is 2.37. The number of nitrogens with two attached hydrogens (primary N) is 1. The Morgan fingerprint density at radius 1 is 1.28 bits per heavy atom. The predicted octanol–water partition coefficient (Wildman–Crippen LogP) is 3.85. The molecule has 2 N–H and O–H groups in total. The summed E-state index contributed by atoms with van der Waals surface area (Å²) in [5, 5.41) is 5.61. The molecule has 5 heteroatoms. The first kappa shape index (κ1) is 11.9. The number of nitrogens with zero attached hydrogens (tertiary/aromatic N) is 2. The fraction of sp³-hybridized carbons (Fsp3) is 0.308. The number of aromatic nitrogens is 2. The van der Waals surface area contributed by atoms with E-state index in [0.717, 1.165) is 16.8 Å². The Balaban J connectivity index is 2.17. The zero-order valence-corrected chi connectivity index (χ0v) is 11.5. The number of aryl methyl sites for hydroxylation is 1. The monoisotopic (exact) mass is 281 g/mol. The summed E-state index contributed by atoms with van der Waals surface area (Å²) in [6.45, 7) is 0. The molecule has 94 valence electrons. The average Bonchev–Trinajstić information content (AvgIpc) is 3.12. The third-order valence-corrected chi connectivity index (χ3v) is 4.03. The van der Waals surface area contributed by atoms with Crippen LogP contribution in [0.4, 0.5) is 5.82 Å². The van der Waals surface area contributed by atoms with E-state index in [2.05, 4.69) is 5.10 Å². The predicted molar refractivity (Wildman–Crippen MR) is 75.1 cm³/mol. The standard InChI is InChI=1S/C13H13Cl2N3/c1-18-13(16)11(12(17-18)7-2-3-7)8-4-5-9(14)10(15)6-8/h4-7H,2-3,16H2,1H3. The van der Waals surface area contributed by atoms with E-state index < -0.39 is 0 Å². The molecule has 0 atom stereocenters. The van der Waals surface area contributed by atoms with E-state index in [1.54, 1.807) is 10.7 Å². The second kappa shape index (κ2) is 4.18. The number of rotatable bonds is 2. The van der Waals surface area contributed by atoms with E-state index in [-0.39, 0.29) is 0 Å². The van der Waals surface area contributed by atoms with Crippen molar-refractivity contribution in [3.05, 3.63) is 33.9 Å². The van der Waals surface area contributed by atoms with Crippen LogP contribution in [0.25, 0.3) is 11.1 Å². The lowest BCUT2D eigenvalue weighted by Crippen LogP contribution is -1.98. The Kier molecular flexibility index (Phi) is 2.76. The van der Waals surface area contributed by atoms with Crippen LogP contribution in [0, 0.1) is 0 Å². The Morgan fingerprint density at radius 3 is 2.61 bits per heavy atom. The quantitative estimate of drug-likeness (QED) is 0.909. The molecule has 1 fully saturated rings. The third-order valence-electron chi connectivity index (χ3n) is 3.29. The summed E-state index contributed by atoms with van der Waals surface area (Å²) in [5.41, 5.74) is 9.17. The van der Waals surface area contributed by atoms with Crippen molar-refractivity contribution < 1.29 is 0 Å². The van der Waals surface area contributed by atoms with Crippen molar-refractivity contribution in [2.24, 2.45) is 7.05 Å². The number of nitrogen functional groups attached to an aromatic ring is 1. The van der Waals surface area contributed by atoms with Gasteiger partial charge < -0.3 is 5.73 Å². The minimum Gasteiger partial charge on any atom is -0.383 e. The highest BCUT2D eigenvalue weighted by molar-refractivity contribution is 6.42. The molecule has 1 heterocycles. The van der Waals surface area contributed by atoms with Gasteiger partial charge in [0.2, 0.25) is 0 Å². The number of hydrogen-bond donors (Lipinski definition) is 1. The number of halogens is 2. The van der Waals surface area contributed by atoms with Gasteiger partial charge >= 0.3 is 0 Å². The first-order valence-electron chi connectivity index (χ1n) is 5.85. The molecule has 1 aliphatic carbocycles. The van der Waals surface area contributed by atoms with E-state index in [4.69, 9.17) is 28.9 Å². The van der Waals surface area contributed by atoms with Crippen LogP contribution < -0.4 is 5.73 Å². The van der Waals surface area contributed by atoms with Gasteiger partial charge in [0.1, 0.15) is 5.82 Å². The van der Waals surface area contributed by atoms with Gasteiger partial charge in [0, 0.05) is 18.5 Å². The third kappa shape index (κ3) is 1.88. The molecule has 2 aromatic rings. The lowest BCUT2D eigenvalue weighted by molar-refractivity contribution is 0.753. The van der Waals surface area contributed by atoms with Crippen LogP contribution in [0.15, 0.2) is 18.2 Å². The van der Waals surface area contributed by atoms with Gasteiger partial charge in [-0.25, -0.2) is 0 Å². The Labute approximate surface area is 115 Å². The minimum absolute atomic E-state index is 0.540. The van der Waals surface area contributed by atoms with Gasteiger partial charge in [-0.1, -0.05) is 29.3 Å². The molecule has 1 aromatic carbocycles. The maximum Gasteiger partial charge on any atom is 0.129 e. The van der Waals surface area contributed by atoms with Gasteiger partial charge in [-0.15, -0.1) is 0 Å². The number of anilines is 1. The van der Waals surface area contributed by atoms with Crippen LogP contribution in [-0.4, -0.2) is 9.78 Å². The van der Waals surface area contributed by atoms with Crippen molar-refractivity contribution in [1.82, 2.24) is 9.78 Å². The summed E-state index contributed by atoms with van der Waals surface area (Å²) in [6, 6.07) is 5.58. The molecule has 0 spiro atoms. The minimum atomic E-state index is 0.540. The zero-order valence-electron chi connectivity index (χ0n) is 9.95. The molecule has 1 saturated carbocycles. The van der Waals surface area contributed by atoms with Crippen molar-refractivity contribution in [2.45, 2.75) is 18.8 Å². The summed E-state index contributed by atoms with van der Waals surface area (Å²) in [5.74, 6) is 1.22. The van der Waals surface area contributed by atoms with Gasteiger partial charge in [-0.2, -0.15) is 5.10 Å². The highest BCUT2D eigenvalue weighted by Crippen LogP contribution is 2.46. The number of benzene rings is 1. The Hall–Kier alpha value is -1.19. The molecule has 0 aliphatic heterocycles. The van der Waals surface area contributed by atoms with Crippen molar-refractivity contribution in [3.8, 4) is 11.1 Å². The summed E-state index contributed by atoms with van der Waals surface area (Å²) in [4.78, 5) is 0. The van der Waals surface area contributed by atoms with Crippen LogP contribution in [-0.2, 0) is 7.05 Å². The van der Waals surface area contributed by atoms with Crippen LogP contribution in [0.2, 0.25) is 10.0 Å². The maximum absolute atomic E-state index is 6.11. The van der Waals surface area contributed by atoms with E-state index in [9.17, 15) is 0 Å². The molecule has 0 bridgehead atoms. The van der Waals surface area contributed by atoms with Gasteiger partial charge in [0.05, 0.1) is 15.7 Å². The largest absolute Gasteiger partial charge is 0.383 e. The molecule has 3 nitrogen and oxygen atoms in total. The Bertz CT molecular complexity index is 615. The van der Waals surface area contributed by atoms with Gasteiger partial charge in [0.25, 0.3) is 0 Å². The summed E-state index contributed by atoms with van der Waals surface area (Å²) >= 11 is 12.0. The van der Waals surface area contributed by atoms with Crippen molar-refractivity contribution in [2.75, 3.05) is 5.73 Å².